The van der Waals surface area contributed by atoms with Crippen LogP contribution in [0, 0.1) is 11.3 Å². The van der Waals surface area contributed by atoms with Gasteiger partial charge in [-0.3, -0.25) is 0 Å². The molecule has 0 saturated heterocycles. The van der Waals surface area contributed by atoms with Gasteiger partial charge in [0.25, 0.3) is 0 Å². The van der Waals surface area contributed by atoms with E-state index in [2.05, 4.69) is 29.5 Å². The molecule has 106 valence electrons. The molecular formula is C16H20ClN3. The predicted octanol–water partition coefficient (Wildman–Crippen LogP) is 4.96. The monoisotopic (exact) mass is 289 g/mol. The van der Waals surface area contributed by atoms with Crippen molar-refractivity contribution in [1.29, 1.82) is 5.26 Å². The summed E-state index contributed by atoms with van der Waals surface area (Å²) in [4.78, 5) is 4.62. The Kier molecular flexibility index (Phi) is 4.67. The first-order valence-corrected chi connectivity index (χ1v) is 7.58. The first-order valence-electron chi connectivity index (χ1n) is 7.15. The minimum atomic E-state index is -0.169. The van der Waals surface area contributed by atoms with Crippen molar-refractivity contribution in [2.45, 2.75) is 51.5 Å². The van der Waals surface area contributed by atoms with Crippen LogP contribution in [0.1, 0.15) is 62.8 Å². The van der Waals surface area contributed by atoms with Crippen molar-refractivity contribution in [3.8, 4) is 6.07 Å². The maximum Gasteiger partial charge on any atom is 0.128 e. The van der Waals surface area contributed by atoms with E-state index in [1.165, 1.54) is 12.8 Å². The van der Waals surface area contributed by atoms with Gasteiger partial charge in [-0.05, 0) is 32.4 Å². The first kappa shape index (κ1) is 14.9. The van der Waals surface area contributed by atoms with Crippen LogP contribution in [0.5, 0.6) is 0 Å². The Labute approximate surface area is 125 Å². The van der Waals surface area contributed by atoms with Crippen molar-refractivity contribution in [2.24, 2.45) is 0 Å². The number of para-hydroxylation sites is 1. The number of halogens is 1. The molecule has 0 N–H and O–H groups in total. The highest BCUT2D eigenvalue weighted by Crippen LogP contribution is 2.31. The highest BCUT2D eigenvalue weighted by atomic mass is 35.5. The quantitative estimate of drug-likeness (QED) is 0.730. The normalized spacial score (nSPS) is 14.2. The third-order valence-corrected chi connectivity index (χ3v) is 3.84. The number of alkyl halides is 1. The number of aromatic nitrogens is 2. The lowest BCUT2D eigenvalue weighted by molar-refractivity contribution is 0.480. The lowest BCUT2D eigenvalue weighted by atomic mass is 10.1. The molecule has 2 unspecified atom stereocenters. The smallest absolute Gasteiger partial charge is 0.128 e. The summed E-state index contributed by atoms with van der Waals surface area (Å²) in [5.74, 6) is 0.855. The average Bonchev–Trinajstić information content (AvgIpc) is 2.84. The molecule has 0 spiro atoms. The Morgan fingerprint density at radius 3 is 2.75 bits per heavy atom. The molecule has 0 saturated carbocycles. The molecule has 0 aliphatic heterocycles. The second kappa shape index (κ2) is 6.28. The van der Waals surface area contributed by atoms with E-state index >= 15 is 0 Å². The SMILES string of the molecule is CCCCC(C)n1c(C(C)Cl)nc2c(C#N)cccc21. The summed E-state index contributed by atoms with van der Waals surface area (Å²) >= 11 is 6.29. The molecule has 2 rings (SSSR count). The number of hydrogen-bond donors (Lipinski definition) is 0. The summed E-state index contributed by atoms with van der Waals surface area (Å²) in [6, 6.07) is 8.29. The minimum absolute atomic E-state index is 0.169. The maximum absolute atomic E-state index is 9.22. The number of imidazole rings is 1. The van der Waals surface area contributed by atoms with Crippen LogP contribution >= 0.6 is 11.6 Å². The molecule has 1 heterocycles. The van der Waals surface area contributed by atoms with Gasteiger partial charge in [-0.15, -0.1) is 11.6 Å². The fourth-order valence-electron chi connectivity index (χ4n) is 2.60. The van der Waals surface area contributed by atoms with E-state index in [9.17, 15) is 5.26 Å². The fourth-order valence-corrected chi connectivity index (χ4v) is 2.75. The van der Waals surface area contributed by atoms with Gasteiger partial charge in [-0.1, -0.05) is 25.8 Å². The summed E-state index contributed by atoms with van der Waals surface area (Å²) < 4.78 is 2.20. The number of hydrogen-bond acceptors (Lipinski definition) is 2. The van der Waals surface area contributed by atoms with Crippen molar-refractivity contribution >= 4 is 22.6 Å². The van der Waals surface area contributed by atoms with Crippen molar-refractivity contribution in [2.75, 3.05) is 0 Å². The molecule has 0 radical (unpaired) electrons. The van der Waals surface area contributed by atoms with Crippen molar-refractivity contribution < 1.29 is 0 Å². The number of rotatable bonds is 5. The molecule has 1 aromatic carbocycles. The van der Waals surface area contributed by atoms with Gasteiger partial charge in [0.2, 0.25) is 0 Å². The Balaban J connectivity index is 2.61. The molecule has 2 atom stereocenters. The van der Waals surface area contributed by atoms with E-state index in [1.54, 1.807) is 6.07 Å². The summed E-state index contributed by atoms with van der Waals surface area (Å²) in [7, 11) is 0. The molecular weight excluding hydrogens is 270 g/mol. The molecule has 0 fully saturated rings. The molecule has 0 bridgehead atoms. The van der Waals surface area contributed by atoms with Gasteiger partial charge in [0.05, 0.1) is 16.5 Å². The zero-order valence-electron chi connectivity index (χ0n) is 12.2. The van der Waals surface area contributed by atoms with Crippen LogP contribution < -0.4 is 0 Å². The summed E-state index contributed by atoms with van der Waals surface area (Å²) in [6.45, 7) is 6.31. The van der Waals surface area contributed by atoms with Gasteiger partial charge in [-0.25, -0.2) is 4.98 Å². The van der Waals surface area contributed by atoms with Crippen LogP contribution in [0.15, 0.2) is 18.2 Å². The molecule has 2 aromatic rings. The number of nitriles is 1. The van der Waals surface area contributed by atoms with Crippen LogP contribution in [-0.2, 0) is 0 Å². The first-order chi connectivity index (χ1) is 9.60. The Morgan fingerprint density at radius 1 is 1.40 bits per heavy atom. The zero-order valence-corrected chi connectivity index (χ0v) is 13.0. The van der Waals surface area contributed by atoms with E-state index < -0.39 is 0 Å². The highest BCUT2D eigenvalue weighted by Gasteiger charge is 2.20. The van der Waals surface area contributed by atoms with E-state index in [4.69, 9.17) is 11.6 Å². The Hall–Kier alpha value is -1.53. The van der Waals surface area contributed by atoms with Gasteiger partial charge in [0.15, 0.2) is 0 Å². The van der Waals surface area contributed by atoms with Gasteiger partial charge < -0.3 is 4.57 Å². The topological polar surface area (TPSA) is 41.6 Å². The van der Waals surface area contributed by atoms with Gasteiger partial charge in [0.1, 0.15) is 17.4 Å². The number of benzene rings is 1. The average molecular weight is 290 g/mol. The molecule has 3 nitrogen and oxygen atoms in total. The van der Waals surface area contributed by atoms with E-state index in [0.717, 1.165) is 23.3 Å². The van der Waals surface area contributed by atoms with Crippen LogP contribution in [0.2, 0.25) is 0 Å². The molecule has 0 aliphatic carbocycles. The van der Waals surface area contributed by atoms with Crippen LogP contribution in [0.3, 0.4) is 0 Å². The Bertz CT molecular complexity index is 637. The second-order valence-corrected chi connectivity index (χ2v) is 5.89. The predicted molar refractivity (Wildman–Crippen MR) is 83.0 cm³/mol. The Morgan fingerprint density at radius 2 is 2.15 bits per heavy atom. The van der Waals surface area contributed by atoms with Gasteiger partial charge >= 0.3 is 0 Å². The fraction of sp³-hybridized carbons (Fsp3) is 0.500. The maximum atomic E-state index is 9.22. The van der Waals surface area contributed by atoms with Crippen molar-refractivity contribution in [3.05, 3.63) is 29.6 Å². The standard InChI is InChI=1S/C16H20ClN3/c1-4-5-7-11(2)20-14-9-6-8-13(10-18)15(14)19-16(20)12(3)17/h6,8-9,11-12H,4-5,7H2,1-3H3. The highest BCUT2D eigenvalue weighted by molar-refractivity contribution is 6.20. The van der Waals surface area contributed by atoms with Gasteiger partial charge in [0, 0.05) is 6.04 Å². The number of fused-ring (bicyclic) bond motifs is 1. The third-order valence-electron chi connectivity index (χ3n) is 3.64. The van der Waals surface area contributed by atoms with Gasteiger partial charge in [-0.2, -0.15) is 5.26 Å². The second-order valence-electron chi connectivity index (χ2n) is 5.23. The van der Waals surface area contributed by atoms with Crippen LogP contribution in [0.4, 0.5) is 0 Å². The lowest BCUT2D eigenvalue weighted by Gasteiger charge is -2.18. The van der Waals surface area contributed by atoms with E-state index in [1.807, 2.05) is 19.1 Å². The number of nitrogens with zero attached hydrogens (tertiary/aromatic N) is 3. The van der Waals surface area contributed by atoms with Crippen molar-refractivity contribution in [3.63, 3.8) is 0 Å². The number of unbranched alkanes of at least 4 members (excludes halogenated alkanes) is 1. The van der Waals surface area contributed by atoms with E-state index in [-0.39, 0.29) is 5.38 Å². The summed E-state index contributed by atoms with van der Waals surface area (Å²) in [6.07, 6.45) is 3.44. The van der Waals surface area contributed by atoms with E-state index in [0.29, 0.717) is 11.6 Å². The molecule has 4 heteroatoms. The van der Waals surface area contributed by atoms with Crippen molar-refractivity contribution in [1.82, 2.24) is 9.55 Å². The largest absolute Gasteiger partial charge is 0.324 e. The molecule has 0 amide bonds. The molecule has 0 aliphatic rings. The molecule has 20 heavy (non-hydrogen) atoms. The molecule has 1 aromatic heterocycles. The third kappa shape index (κ3) is 2.66. The van der Waals surface area contributed by atoms with Crippen LogP contribution in [-0.4, -0.2) is 9.55 Å². The lowest BCUT2D eigenvalue weighted by Crippen LogP contribution is -2.10. The summed E-state index contributed by atoms with van der Waals surface area (Å²) in [5, 5.41) is 9.05. The zero-order chi connectivity index (χ0) is 14.7. The minimum Gasteiger partial charge on any atom is -0.324 e. The van der Waals surface area contributed by atoms with Crippen LogP contribution in [0.25, 0.3) is 11.0 Å². The summed E-state index contributed by atoms with van der Waals surface area (Å²) in [5.41, 5.74) is 2.39.